The maximum Gasteiger partial charge on any atom is 0.138 e. The quantitative estimate of drug-likeness (QED) is 0.265. The van der Waals surface area contributed by atoms with Crippen LogP contribution in [0.5, 0.6) is 5.75 Å². The van der Waals surface area contributed by atoms with Crippen LogP contribution in [0.4, 0.5) is 0 Å². The fourth-order valence-electron chi connectivity index (χ4n) is 4.70. The second-order valence-electron chi connectivity index (χ2n) is 9.06. The van der Waals surface area contributed by atoms with E-state index in [1.165, 1.54) is 0 Å². The summed E-state index contributed by atoms with van der Waals surface area (Å²) in [5.74, 6) is 0.726. The third kappa shape index (κ3) is 4.06. The molecule has 5 heterocycles. The molecule has 7 aromatic rings. The molecule has 5 aromatic heterocycles. The van der Waals surface area contributed by atoms with Crippen molar-refractivity contribution in [3.8, 4) is 39.5 Å². The molecule has 2 aromatic carbocycles. The Kier molecular flexibility index (Phi) is 5.37. The Bertz CT molecular complexity index is 1880. The van der Waals surface area contributed by atoms with Gasteiger partial charge in [0.1, 0.15) is 18.1 Å². The molecule has 7 heteroatoms. The van der Waals surface area contributed by atoms with Crippen molar-refractivity contribution in [1.29, 1.82) is 0 Å². The van der Waals surface area contributed by atoms with E-state index >= 15 is 0 Å². The smallest absolute Gasteiger partial charge is 0.138 e. The number of ether oxygens (including phenoxy) is 1. The van der Waals surface area contributed by atoms with Crippen molar-refractivity contribution in [1.82, 2.24) is 30.1 Å². The molecular weight excluding hydrogens is 472 g/mol. The number of hydrogen-bond acceptors (Lipinski definition) is 5. The summed E-state index contributed by atoms with van der Waals surface area (Å²) in [7, 11) is 0. The predicted molar refractivity (Wildman–Crippen MR) is 148 cm³/mol. The van der Waals surface area contributed by atoms with Gasteiger partial charge in [0.2, 0.25) is 0 Å². The summed E-state index contributed by atoms with van der Waals surface area (Å²) in [6.07, 6.45) is 9.07. The fraction of sp³-hybridized carbons (Fsp3) is 0.0323. The summed E-state index contributed by atoms with van der Waals surface area (Å²) >= 11 is 0. The van der Waals surface area contributed by atoms with Crippen LogP contribution in [0.2, 0.25) is 0 Å². The van der Waals surface area contributed by atoms with Crippen molar-refractivity contribution in [2.45, 2.75) is 6.61 Å². The van der Waals surface area contributed by atoms with E-state index in [-0.39, 0.29) is 0 Å². The summed E-state index contributed by atoms with van der Waals surface area (Å²) in [5, 5.41) is 9.87. The molecule has 0 atom stereocenters. The first-order valence-corrected chi connectivity index (χ1v) is 12.3. The number of H-pyrrole nitrogens is 2. The van der Waals surface area contributed by atoms with Crippen LogP contribution in [0, 0.1) is 0 Å². The van der Waals surface area contributed by atoms with Crippen LogP contribution in [-0.2, 0) is 6.61 Å². The summed E-state index contributed by atoms with van der Waals surface area (Å²) in [6, 6.07) is 26.4. The Hall–Kier alpha value is -5.30. The highest BCUT2D eigenvalue weighted by Gasteiger charge is 2.15. The van der Waals surface area contributed by atoms with Crippen LogP contribution < -0.4 is 4.74 Å². The largest absolute Gasteiger partial charge is 0.487 e. The van der Waals surface area contributed by atoms with Crippen LogP contribution in [-0.4, -0.2) is 30.1 Å². The topological polar surface area (TPSA) is 92.4 Å². The molecule has 0 amide bonds. The van der Waals surface area contributed by atoms with Gasteiger partial charge >= 0.3 is 0 Å². The lowest BCUT2D eigenvalue weighted by molar-refractivity contribution is 0.305. The Labute approximate surface area is 218 Å². The van der Waals surface area contributed by atoms with E-state index in [0.717, 1.165) is 66.9 Å². The second-order valence-corrected chi connectivity index (χ2v) is 9.06. The molecular formula is C31H22N6O. The fourth-order valence-corrected chi connectivity index (χ4v) is 4.70. The molecule has 38 heavy (non-hydrogen) atoms. The third-order valence-corrected chi connectivity index (χ3v) is 6.60. The van der Waals surface area contributed by atoms with E-state index < -0.39 is 0 Å². The molecule has 0 radical (unpaired) electrons. The van der Waals surface area contributed by atoms with Crippen molar-refractivity contribution < 1.29 is 4.74 Å². The van der Waals surface area contributed by atoms with Crippen LogP contribution in [0.25, 0.3) is 55.6 Å². The standard InChI is InChI=1S/C31H22N6O/c1-2-6-20(7-3-1)19-38-23-12-22(15-32-16-23)21-9-10-28-25(13-21)31(37-36-28)29-14-24-26(17-33-18-30(24)35-29)27-8-4-5-11-34-27/h1-18,35H,19H2,(H,36,37). The van der Waals surface area contributed by atoms with Crippen LogP contribution in [0.15, 0.2) is 110 Å². The van der Waals surface area contributed by atoms with Gasteiger partial charge in [-0.15, -0.1) is 0 Å². The minimum atomic E-state index is 0.493. The van der Waals surface area contributed by atoms with Crippen LogP contribution in [0.1, 0.15) is 5.56 Å². The number of pyridine rings is 3. The minimum Gasteiger partial charge on any atom is -0.487 e. The number of nitrogens with one attached hydrogen (secondary N) is 2. The van der Waals surface area contributed by atoms with Crippen molar-refractivity contribution in [2.24, 2.45) is 0 Å². The van der Waals surface area contributed by atoms with Crippen LogP contribution in [0.3, 0.4) is 0 Å². The summed E-state index contributed by atoms with van der Waals surface area (Å²) in [5.41, 5.74) is 8.62. The number of nitrogens with zero attached hydrogens (tertiary/aromatic N) is 4. The maximum absolute atomic E-state index is 6.00. The second kappa shape index (κ2) is 9.29. The summed E-state index contributed by atoms with van der Waals surface area (Å²) < 4.78 is 6.00. The van der Waals surface area contributed by atoms with Gasteiger partial charge in [-0.2, -0.15) is 5.10 Å². The molecule has 0 saturated carbocycles. The lowest BCUT2D eigenvalue weighted by Crippen LogP contribution is -1.95. The Morgan fingerprint density at radius 2 is 1.61 bits per heavy atom. The van der Waals surface area contributed by atoms with Gasteiger partial charge in [-0.3, -0.25) is 20.1 Å². The molecule has 2 N–H and O–H groups in total. The number of benzene rings is 2. The number of aromatic amines is 2. The van der Waals surface area contributed by atoms with Gasteiger partial charge in [-0.05, 0) is 47.5 Å². The highest BCUT2D eigenvalue weighted by atomic mass is 16.5. The highest BCUT2D eigenvalue weighted by molar-refractivity contribution is 6.01. The zero-order valence-electron chi connectivity index (χ0n) is 20.3. The van der Waals surface area contributed by atoms with Gasteiger partial charge in [0.15, 0.2) is 0 Å². The number of aromatic nitrogens is 6. The minimum absolute atomic E-state index is 0.493. The monoisotopic (exact) mass is 494 g/mol. The first kappa shape index (κ1) is 21.9. The highest BCUT2D eigenvalue weighted by Crippen LogP contribution is 2.34. The van der Waals surface area contributed by atoms with E-state index in [1.807, 2.05) is 79.3 Å². The number of rotatable bonds is 6. The van der Waals surface area contributed by atoms with Crippen molar-refractivity contribution >= 4 is 21.8 Å². The zero-order chi connectivity index (χ0) is 25.3. The van der Waals surface area contributed by atoms with E-state index in [1.54, 1.807) is 12.4 Å². The average molecular weight is 495 g/mol. The molecule has 0 spiro atoms. The lowest BCUT2D eigenvalue weighted by Gasteiger charge is -2.08. The van der Waals surface area contributed by atoms with Gasteiger partial charge in [0.05, 0.1) is 34.8 Å². The average Bonchev–Trinajstić information content (AvgIpc) is 3.61. The van der Waals surface area contributed by atoms with Gasteiger partial charge in [0, 0.05) is 40.5 Å². The van der Waals surface area contributed by atoms with Crippen LogP contribution >= 0.6 is 0 Å². The first-order valence-electron chi connectivity index (χ1n) is 12.3. The SMILES string of the molecule is c1ccc(COc2cncc(-c3ccc4[nH]nc(-c5cc6c(-c7ccccn7)cncc6[nH]5)c4c3)c2)cc1. The van der Waals surface area contributed by atoms with Gasteiger partial charge in [0.25, 0.3) is 0 Å². The predicted octanol–water partition coefficient (Wildman–Crippen LogP) is 6.81. The molecule has 0 aliphatic heterocycles. The Balaban J connectivity index is 1.24. The van der Waals surface area contributed by atoms with Gasteiger partial charge in [-0.25, -0.2) is 0 Å². The summed E-state index contributed by atoms with van der Waals surface area (Å²) in [4.78, 5) is 16.9. The Morgan fingerprint density at radius 3 is 2.50 bits per heavy atom. The molecule has 7 nitrogen and oxygen atoms in total. The molecule has 0 bridgehead atoms. The van der Waals surface area contributed by atoms with Gasteiger partial charge < -0.3 is 9.72 Å². The molecule has 0 unspecified atom stereocenters. The van der Waals surface area contributed by atoms with Crippen molar-refractivity contribution in [2.75, 3.05) is 0 Å². The third-order valence-electron chi connectivity index (χ3n) is 6.60. The summed E-state index contributed by atoms with van der Waals surface area (Å²) in [6.45, 7) is 0.493. The van der Waals surface area contributed by atoms with Crippen molar-refractivity contribution in [3.05, 3.63) is 115 Å². The normalized spacial score (nSPS) is 11.3. The number of hydrogen-bond donors (Lipinski definition) is 2. The molecule has 7 rings (SSSR count). The molecule has 0 saturated heterocycles. The molecule has 0 aliphatic rings. The molecule has 0 fully saturated rings. The maximum atomic E-state index is 6.00. The number of fused-ring (bicyclic) bond motifs is 2. The lowest BCUT2D eigenvalue weighted by atomic mass is 10.0. The molecule has 182 valence electrons. The van der Waals surface area contributed by atoms with E-state index in [4.69, 9.17) is 4.74 Å². The van der Waals surface area contributed by atoms with Gasteiger partial charge in [-0.1, -0.05) is 42.5 Å². The zero-order valence-corrected chi connectivity index (χ0v) is 20.3. The van der Waals surface area contributed by atoms with E-state index in [9.17, 15) is 0 Å². The van der Waals surface area contributed by atoms with Crippen molar-refractivity contribution in [3.63, 3.8) is 0 Å². The van der Waals surface area contributed by atoms with E-state index in [2.05, 4.69) is 48.3 Å². The molecule has 0 aliphatic carbocycles. The first-order chi connectivity index (χ1) is 18.8. The Morgan fingerprint density at radius 1 is 0.711 bits per heavy atom. The van der Waals surface area contributed by atoms with E-state index in [0.29, 0.717) is 6.61 Å².